The number of piperidine rings is 1. The molecular weight excluding hydrogens is 414 g/mol. The van der Waals surface area contributed by atoms with Gasteiger partial charge < -0.3 is 20.3 Å². The smallest absolute Gasteiger partial charge is 0.251 e. The monoisotopic (exact) mass is 449 g/mol. The molecule has 6 nitrogen and oxygen atoms in total. The Bertz CT molecular complexity index is 967. The van der Waals surface area contributed by atoms with Gasteiger partial charge in [0, 0.05) is 30.6 Å². The number of amides is 2. The Hall–Kier alpha value is -2.86. The zero-order valence-corrected chi connectivity index (χ0v) is 19.6. The van der Waals surface area contributed by atoms with Gasteiger partial charge in [-0.15, -0.1) is 0 Å². The maximum absolute atomic E-state index is 12.9. The molecule has 0 aromatic heterocycles. The van der Waals surface area contributed by atoms with Crippen LogP contribution in [0, 0.1) is 5.92 Å². The Kier molecular flexibility index (Phi) is 8.00. The number of benzene rings is 2. The molecule has 4 rings (SSSR count). The third kappa shape index (κ3) is 6.57. The summed E-state index contributed by atoms with van der Waals surface area (Å²) in [6, 6.07) is 13.4. The molecule has 2 aliphatic heterocycles. The topological polar surface area (TPSA) is 70.7 Å². The van der Waals surface area contributed by atoms with Gasteiger partial charge in [0.1, 0.15) is 5.75 Å². The lowest BCUT2D eigenvalue weighted by Gasteiger charge is -2.28. The maximum atomic E-state index is 12.9. The fourth-order valence-corrected chi connectivity index (χ4v) is 4.54. The molecule has 2 N–H and O–H groups in total. The van der Waals surface area contributed by atoms with Gasteiger partial charge in [-0.3, -0.25) is 9.59 Å². The van der Waals surface area contributed by atoms with Crippen molar-refractivity contribution in [3.8, 4) is 5.75 Å². The highest BCUT2D eigenvalue weighted by Crippen LogP contribution is 2.25. The van der Waals surface area contributed by atoms with Gasteiger partial charge in [-0.25, -0.2) is 0 Å². The van der Waals surface area contributed by atoms with Gasteiger partial charge in [0.2, 0.25) is 0 Å². The number of carbonyl (C=O) groups excluding carboxylic acids is 2. The van der Waals surface area contributed by atoms with Crippen LogP contribution < -0.4 is 15.4 Å². The van der Waals surface area contributed by atoms with Crippen LogP contribution in [-0.4, -0.2) is 56.5 Å². The summed E-state index contributed by atoms with van der Waals surface area (Å²) in [7, 11) is 2.15. The van der Waals surface area contributed by atoms with Gasteiger partial charge in [-0.2, -0.15) is 0 Å². The molecule has 176 valence electrons. The number of carbonyl (C=O) groups is 2. The molecule has 2 aliphatic rings. The maximum Gasteiger partial charge on any atom is 0.251 e. The van der Waals surface area contributed by atoms with E-state index >= 15 is 0 Å². The van der Waals surface area contributed by atoms with Crippen LogP contribution in [-0.2, 0) is 6.42 Å². The molecule has 2 bridgehead atoms. The van der Waals surface area contributed by atoms with E-state index in [2.05, 4.69) is 22.6 Å². The van der Waals surface area contributed by atoms with Crippen LogP contribution in [0.15, 0.2) is 42.5 Å². The lowest BCUT2D eigenvalue weighted by Crippen LogP contribution is -2.36. The quantitative estimate of drug-likeness (QED) is 0.751. The van der Waals surface area contributed by atoms with E-state index in [9.17, 15) is 9.59 Å². The van der Waals surface area contributed by atoms with Gasteiger partial charge in [0.05, 0.1) is 6.61 Å². The van der Waals surface area contributed by atoms with Gasteiger partial charge in [0.25, 0.3) is 11.8 Å². The molecule has 0 aliphatic carbocycles. The molecule has 1 fully saturated rings. The van der Waals surface area contributed by atoms with Crippen LogP contribution in [0.3, 0.4) is 0 Å². The molecule has 0 spiro atoms. The largest absolute Gasteiger partial charge is 0.493 e. The average molecular weight is 450 g/mol. The van der Waals surface area contributed by atoms with Crippen molar-refractivity contribution in [1.82, 2.24) is 15.5 Å². The van der Waals surface area contributed by atoms with E-state index in [0.717, 1.165) is 68.6 Å². The van der Waals surface area contributed by atoms with E-state index in [1.165, 1.54) is 0 Å². The standard InChI is InChI=1S/C27H35N3O3/c1-30-13-10-20(11-14-30)19-29-27(32)23-8-9-25-24(18-23)17-21-6-5-7-22(16-21)26(31)28-12-3-2-4-15-33-25/h5-9,16,18,20H,2-4,10-15,17,19H2,1H3,(H,28,31)(H,29,32). The van der Waals surface area contributed by atoms with Gasteiger partial charge in [-0.1, -0.05) is 12.1 Å². The summed E-state index contributed by atoms with van der Waals surface area (Å²) >= 11 is 0. The summed E-state index contributed by atoms with van der Waals surface area (Å²) in [4.78, 5) is 27.7. The molecule has 2 aromatic carbocycles. The summed E-state index contributed by atoms with van der Waals surface area (Å²) < 4.78 is 6.10. The molecular formula is C27H35N3O3. The first-order chi connectivity index (χ1) is 16.1. The number of hydrogen-bond donors (Lipinski definition) is 2. The second-order valence-electron chi connectivity index (χ2n) is 9.32. The Morgan fingerprint density at radius 3 is 2.82 bits per heavy atom. The molecule has 0 atom stereocenters. The number of nitrogens with zero attached hydrogens (tertiary/aromatic N) is 1. The highest BCUT2D eigenvalue weighted by Gasteiger charge is 2.18. The fourth-order valence-electron chi connectivity index (χ4n) is 4.54. The van der Waals surface area contributed by atoms with E-state index in [0.29, 0.717) is 36.6 Å². The third-order valence-corrected chi connectivity index (χ3v) is 6.66. The minimum absolute atomic E-state index is 0.0348. The van der Waals surface area contributed by atoms with Crippen LogP contribution in [0.5, 0.6) is 5.75 Å². The lowest BCUT2D eigenvalue weighted by molar-refractivity contribution is 0.0935. The molecule has 0 unspecified atom stereocenters. The molecule has 2 amide bonds. The van der Waals surface area contributed by atoms with Crippen molar-refractivity contribution < 1.29 is 14.3 Å². The first-order valence-electron chi connectivity index (χ1n) is 12.2. The van der Waals surface area contributed by atoms with Crippen molar-refractivity contribution in [3.63, 3.8) is 0 Å². The second-order valence-corrected chi connectivity index (χ2v) is 9.32. The summed E-state index contributed by atoms with van der Waals surface area (Å²) in [5.74, 6) is 1.28. The highest BCUT2D eigenvalue weighted by atomic mass is 16.5. The zero-order chi connectivity index (χ0) is 23.0. The van der Waals surface area contributed by atoms with Gasteiger partial charge in [-0.05, 0) is 99.6 Å². The summed E-state index contributed by atoms with van der Waals surface area (Å²) in [6.45, 7) is 4.21. The van der Waals surface area contributed by atoms with Crippen molar-refractivity contribution in [2.24, 2.45) is 5.92 Å². The second kappa shape index (κ2) is 11.3. The van der Waals surface area contributed by atoms with E-state index < -0.39 is 0 Å². The van der Waals surface area contributed by atoms with E-state index in [4.69, 9.17) is 4.74 Å². The first-order valence-corrected chi connectivity index (χ1v) is 12.2. The third-order valence-electron chi connectivity index (χ3n) is 6.66. The molecule has 0 saturated carbocycles. The molecule has 0 radical (unpaired) electrons. The summed E-state index contributed by atoms with van der Waals surface area (Å²) in [5.41, 5.74) is 3.31. The summed E-state index contributed by atoms with van der Waals surface area (Å²) in [5, 5.41) is 6.13. The fraction of sp³-hybridized carbons (Fsp3) is 0.481. The van der Waals surface area contributed by atoms with Crippen LogP contribution in [0.2, 0.25) is 0 Å². The number of nitrogens with one attached hydrogen (secondary N) is 2. The van der Waals surface area contributed by atoms with Crippen LogP contribution in [0.25, 0.3) is 0 Å². The Morgan fingerprint density at radius 2 is 1.97 bits per heavy atom. The Labute approximate surface area is 196 Å². The minimum Gasteiger partial charge on any atom is -0.493 e. The number of rotatable bonds is 3. The minimum atomic E-state index is -0.0377. The van der Waals surface area contributed by atoms with Crippen LogP contribution >= 0.6 is 0 Å². The highest BCUT2D eigenvalue weighted by molar-refractivity contribution is 5.95. The van der Waals surface area contributed by atoms with Gasteiger partial charge >= 0.3 is 0 Å². The van der Waals surface area contributed by atoms with Crippen LogP contribution in [0.4, 0.5) is 0 Å². The molecule has 6 heteroatoms. The van der Waals surface area contributed by atoms with Crippen molar-refractivity contribution in [2.75, 3.05) is 39.8 Å². The van der Waals surface area contributed by atoms with E-state index in [1.807, 2.05) is 42.5 Å². The lowest BCUT2D eigenvalue weighted by atomic mass is 9.97. The van der Waals surface area contributed by atoms with E-state index in [1.54, 1.807) is 0 Å². The molecule has 33 heavy (non-hydrogen) atoms. The van der Waals surface area contributed by atoms with E-state index in [-0.39, 0.29) is 11.8 Å². The van der Waals surface area contributed by atoms with Crippen molar-refractivity contribution >= 4 is 11.8 Å². The van der Waals surface area contributed by atoms with Crippen molar-refractivity contribution in [3.05, 3.63) is 64.7 Å². The molecule has 2 heterocycles. The predicted octanol–water partition coefficient (Wildman–Crippen LogP) is 3.64. The molecule has 2 aromatic rings. The number of fused-ring (bicyclic) bond motifs is 3. The molecule has 1 saturated heterocycles. The Morgan fingerprint density at radius 1 is 1.12 bits per heavy atom. The zero-order valence-electron chi connectivity index (χ0n) is 19.6. The normalized spacial score (nSPS) is 18.4. The van der Waals surface area contributed by atoms with Crippen molar-refractivity contribution in [1.29, 1.82) is 0 Å². The number of ether oxygens (including phenoxy) is 1. The number of likely N-dealkylation sites (tertiary alicyclic amines) is 1. The Balaban J connectivity index is 1.50. The van der Waals surface area contributed by atoms with Crippen LogP contribution in [0.1, 0.15) is 63.9 Å². The summed E-state index contributed by atoms with van der Waals surface area (Å²) in [6.07, 6.45) is 5.70. The van der Waals surface area contributed by atoms with Crippen molar-refractivity contribution in [2.45, 2.75) is 38.5 Å². The SMILES string of the molecule is CN1CCC(CNC(=O)c2ccc3c(c2)Cc2cccc(c2)C(=O)NCCCCCO3)CC1. The predicted molar refractivity (Wildman–Crippen MR) is 130 cm³/mol. The van der Waals surface area contributed by atoms with Gasteiger partial charge in [0.15, 0.2) is 0 Å². The average Bonchev–Trinajstić information content (AvgIpc) is 2.83. The first kappa shape index (κ1) is 23.3. The number of hydrogen-bond acceptors (Lipinski definition) is 4.